The zero-order chi connectivity index (χ0) is 12.4. The van der Waals surface area contributed by atoms with Gasteiger partial charge in [-0.3, -0.25) is 0 Å². The van der Waals surface area contributed by atoms with Crippen molar-refractivity contribution in [3.05, 3.63) is 59.7 Å². The predicted molar refractivity (Wildman–Crippen MR) is 58.8 cm³/mol. The molecule has 2 aromatic carbocycles. The Morgan fingerprint density at radius 2 is 1.65 bits per heavy atom. The highest BCUT2D eigenvalue weighted by Gasteiger charge is 2.16. The van der Waals surface area contributed by atoms with Crippen LogP contribution in [0.1, 0.15) is 10.4 Å². The van der Waals surface area contributed by atoms with Crippen LogP contribution in [0.2, 0.25) is 0 Å². The van der Waals surface area contributed by atoms with Gasteiger partial charge in [0.15, 0.2) is 0 Å². The number of rotatable bonds is 2. The van der Waals surface area contributed by atoms with E-state index in [1.165, 1.54) is 36.4 Å². The smallest absolute Gasteiger partial charge is 0.339 e. The summed E-state index contributed by atoms with van der Waals surface area (Å²) in [6.07, 6.45) is 0. The van der Waals surface area contributed by atoms with Gasteiger partial charge in [-0.25, -0.2) is 13.6 Å². The minimum atomic E-state index is -1.34. The number of hydrogen-bond acceptors (Lipinski definition) is 1. The highest BCUT2D eigenvalue weighted by molar-refractivity contribution is 5.96. The Bertz CT molecular complexity index is 562. The van der Waals surface area contributed by atoms with Crippen LogP contribution < -0.4 is 0 Å². The molecule has 1 N–H and O–H groups in total. The lowest BCUT2D eigenvalue weighted by Crippen LogP contribution is -2.03. The van der Waals surface area contributed by atoms with Gasteiger partial charge < -0.3 is 5.11 Å². The Morgan fingerprint density at radius 1 is 1.00 bits per heavy atom. The molecular weight excluding hydrogens is 226 g/mol. The topological polar surface area (TPSA) is 37.3 Å². The van der Waals surface area contributed by atoms with Gasteiger partial charge in [-0.2, -0.15) is 0 Å². The molecule has 0 bridgehead atoms. The molecule has 0 fully saturated rings. The molecule has 0 amide bonds. The average Bonchev–Trinajstić information content (AvgIpc) is 2.29. The highest BCUT2D eigenvalue weighted by atomic mass is 19.1. The van der Waals surface area contributed by atoms with Crippen molar-refractivity contribution in [2.24, 2.45) is 0 Å². The predicted octanol–water partition coefficient (Wildman–Crippen LogP) is 3.33. The Labute approximate surface area is 96.1 Å². The summed E-state index contributed by atoms with van der Waals surface area (Å²) in [6.45, 7) is 0. The van der Waals surface area contributed by atoms with Crippen LogP contribution in [0, 0.1) is 11.6 Å². The fourth-order valence-electron chi connectivity index (χ4n) is 1.61. The van der Waals surface area contributed by atoms with Crippen LogP contribution in [0.3, 0.4) is 0 Å². The average molecular weight is 234 g/mol. The second-order valence-corrected chi connectivity index (χ2v) is 3.47. The molecule has 0 aromatic heterocycles. The number of halogens is 2. The van der Waals surface area contributed by atoms with Crippen molar-refractivity contribution in [2.45, 2.75) is 0 Å². The maximum Gasteiger partial charge on any atom is 0.339 e. The lowest BCUT2D eigenvalue weighted by Gasteiger charge is -2.06. The van der Waals surface area contributed by atoms with Crippen molar-refractivity contribution in [3.8, 4) is 11.1 Å². The Morgan fingerprint density at radius 3 is 2.24 bits per heavy atom. The summed E-state index contributed by atoms with van der Waals surface area (Å²) in [7, 11) is 0. The van der Waals surface area contributed by atoms with Gasteiger partial charge in [-0.05, 0) is 29.3 Å². The van der Waals surface area contributed by atoms with Crippen LogP contribution in [0.4, 0.5) is 8.78 Å². The van der Waals surface area contributed by atoms with Gasteiger partial charge in [-0.15, -0.1) is 0 Å². The van der Waals surface area contributed by atoms with Crippen molar-refractivity contribution >= 4 is 5.97 Å². The van der Waals surface area contributed by atoms with Crippen molar-refractivity contribution in [2.75, 3.05) is 0 Å². The van der Waals surface area contributed by atoms with Crippen molar-refractivity contribution < 1.29 is 18.7 Å². The summed E-state index contributed by atoms with van der Waals surface area (Å²) >= 11 is 0. The normalized spacial score (nSPS) is 10.2. The van der Waals surface area contributed by atoms with Gasteiger partial charge >= 0.3 is 5.97 Å². The summed E-state index contributed by atoms with van der Waals surface area (Å²) in [6, 6.07) is 9.21. The third kappa shape index (κ3) is 2.15. The Kier molecular flexibility index (Phi) is 2.87. The fourth-order valence-corrected chi connectivity index (χ4v) is 1.61. The van der Waals surface area contributed by atoms with E-state index in [1.807, 2.05) is 0 Å². The zero-order valence-electron chi connectivity index (χ0n) is 8.65. The molecule has 0 unspecified atom stereocenters. The van der Waals surface area contributed by atoms with Gasteiger partial charge in [0.1, 0.15) is 17.2 Å². The second kappa shape index (κ2) is 4.33. The molecule has 4 heteroatoms. The van der Waals surface area contributed by atoms with Crippen LogP contribution >= 0.6 is 0 Å². The summed E-state index contributed by atoms with van der Waals surface area (Å²) in [5.41, 5.74) is 0.292. The minimum absolute atomic E-state index is 0.234. The number of benzene rings is 2. The fraction of sp³-hybridized carbons (Fsp3) is 0. The molecule has 86 valence electrons. The molecular formula is C13H8F2O2. The standard InChI is InChI=1S/C13H8F2O2/c14-9-6-4-8(5-7-9)10-2-1-3-11(15)12(10)13(16)17/h1-7H,(H,16,17). The largest absolute Gasteiger partial charge is 0.478 e. The first-order chi connectivity index (χ1) is 8.09. The van der Waals surface area contributed by atoms with Crippen LogP contribution in [0.25, 0.3) is 11.1 Å². The number of carbonyl (C=O) groups is 1. The van der Waals surface area contributed by atoms with E-state index < -0.39 is 23.2 Å². The molecule has 0 aliphatic heterocycles. The van der Waals surface area contributed by atoms with Gasteiger partial charge in [-0.1, -0.05) is 24.3 Å². The molecule has 0 aliphatic rings. The van der Waals surface area contributed by atoms with E-state index in [9.17, 15) is 13.6 Å². The van der Waals surface area contributed by atoms with Crippen molar-refractivity contribution in [3.63, 3.8) is 0 Å². The van der Waals surface area contributed by atoms with Gasteiger partial charge in [0.2, 0.25) is 0 Å². The second-order valence-electron chi connectivity index (χ2n) is 3.47. The van der Waals surface area contributed by atoms with E-state index in [0.29, 0.717) is 5.56 Å². The van der Waals surface area contributed by atoms with E-state index in [1.54, 1.807) is 0 Å². The highest BCUT2D eigenvalue weighted by Crippen LogP contribution is 2.25. The number of carboxylic acid groups (broad SMARTS) is 1. The van der Waals surface area contributed by atoms with Crippen LogP contribution in [0.15, 0.2) is 42.5 Å². The first-order valence-corrected chi connectivity index (χ1v) is 4.87. The lowest BCUT2D eigenvalue weighted by molar-refractivity contribution is 0.0693. The summed E-state index contributed by atoms with van der Waals surface area (Å²) in [5.74, 6) is -2.58. The van der Waals surface area contributed by atoms with Crippen molar-refractivity contribution in [1.82, 2.24) is 0 Å². The van der Waals surface area contributed by atoms with Gasteiger partial charge in [0.05, 0.1) is 0 Å². The first-order valence-electron chi connectivity index (χ1n) is 4.87. The molecule has 2 rings (SSSR count). The lowest BCUT2D eigenvalue weighted by atomic mass is 9.99. The number of hydrogen-bond donors (Lipinski definition) is 1. The van der Waals surface area contributed by atoms with E-state index in [4.69, 9.17) is 5.11 Å². The minimum Gasteiger partial charge on any atom is -0.478 e. The molecule has 0 saturated carbocycles. The molecule has 0 radical (unpaired) electrons. The third-order valence-corrected chi connectivity index (χ3v) is 2.38. The molecule has 2 aromatic rings. The molecule has 0 spiro atoms. The quantitative estimate of drug-likeness (QED) is 0.865. The van der Waals surface area contributed by atoms with Crippen LogP contribution in [-0.4, -0.2) is 11.1 Å². The molecule has 17 heavy (non-hydrogen) atoms. The van der Waals surface area contributed by atoms with E-state index >= 15 is 0 Å². The first kappa shape index (κ1) is 11.3. The monoisotopic (exact) mass is 234 g/mol. The molecule has 0 atom stereocenters. The van der Waals surface area contributed by atoms with Crippen molar-refractivity contribution in [1.29, 1.82) is 0 Å². The van der Waals surface area contributed by atoms with Crippen LogP contribution in [-0.2, 0) is 0 Å². The number of carboxylic acids is 1. The van der Waals surface area contributed by atoms with E-state index in [0.717, 1.165) is 6.07 Å². The van der Waals surface area contributed by atoms with E-state index in [-0.39, 0.29) is 5.56 Å². The molecule has 0 aliphatic carbocycles. The molecule has 2 nitrogen and oxygen atoms in total. The van der Waals surface area contributed by atoms with Gasteiger partial charge in [0.25, 0.3) is 0 Å². The van der Waals surface area contributed by atoms with Gasteiger partial charge in [0, 0.05) is 0 Å². The Hall–Kier alpha value is -2.23. The maximum absolute atomic E-state index is 13.4. The SMILES string of the molecule is O=C(O)c1c(F)cccc1-c1ccc(F)cc1. The van der Waals surface area contributed by atoms with Crippen LogP contribution in [0.5, 0.6) is 0 Å². The zero-order valence-corrected chi connectivity index (χ0v) is 8.65. The molecule has 0 saturated heterocycles. The Balaban J connectivity index is 2.63. The van der Waals surface area contributed by atoms with E-state index in [2.05, 4.69) is 0 Å². The molecule has 0 heterocycles. The summed E-state index contributed by atoms with van der Waals surface area (Å²) in [5, 5.41) is 8.95. The number of aromatic carboxylic acids is 1. The summed E-state index contributed by atoms with van der Waals surface area (Å²) < 4.78 is 26.2. The third-order valence-electron chi connectivity index (χ3n) is 2.38. The maximum atomic E-state index is 13.4. The summed E-state index contributed by atoms with van der Waals surface area (Å²) in [4.78, 5) is 11.0.